The predicted molar refractivity (Wildman–Crippen MR) is 109 cm³/mol. The highest BCUT2D eigenvalue weighted by Gasteiger charge is 2.36. The van der Waals surface area contributed by atoms with Crippen LogP contribution in [0.4, 0.5) is 5.69 Å². The van der Waals surface area contributed by atoms with Crippen molar-refractivity contribution in [3.8, 4) is 5.75 Å². The van der Waals surface area contributed by atoms with Crippen molar-refractivity contribution in [3.05, 3.63) is 23.8 Å². The molecule has 150 valence electrons. The van der Waals surface area contributed by atoms with E-state index in [-0.39, 0.29) is 36.6 Å². The lowest BCUT2D eigenvalue weighted by atomic mass is 9.96. The van der Waals surface area contributed by atoms with Gasteiger partial charge in [0.1, 0.15) is 5.75 Å². The number of anilines is 1. The van der Waals surface area contributed by atoms with E-state index in [4.69, 9.17) is 4.74 Å². The van der Waals surface area contributed by atoms with Gasteiger partial charge in [0.25, 0.3) is 0 Å². The van der Waals surface area contributed by atoms with Gasteiger partial charge in [-0.3, -0.25) is 9.59 Å². The molecule has 2 atom stereocenters. The first-order valence-electron chi connectivity index (χ1n) is 9.52. The Kier molecular flexibility index (Phi) is 7.92. The highest BCUT2D eigenvalue weighted by atomic mass is 35.5. The van der Waals surface area contributed by atoms with Gasteiger partial charge >= 0.3 is 0 Å². The highest BCUT2D eigenvalue weighted by Crippen LogP contribution is 2.33. The lowest BCUT2D eigenvalue weighted by Crippen LogP contribution is -2.36. The smallest absolute Gasteiger partial charge is 0.227 e. The number of hydrogen-bond donors (Lipinski definition) is 2. The summed E-state index contributed by atoms with van der Waals surface area (Å²) in [5.74, 6) is 0.969. The van der Waals surface area contributed by atoms with Crippen LogP contribution in [-0.4, -0.2) is 45.1 Å². The molecule has 2 amide bonds. The van der Waals surface area contributed by atoms with E-state index in [1.165, 1.54) is 12.8 Å². The Morgan fingerprint density at radius 1 is 1.41 bits per heavy atom. The zero-order valence-electron chi connectivity index (χ0n) is 16.1. The van der Waals surface area contributed by atoms with E-state index in [0.717, 1.165) is 30.8 Å². The number of nitrogens with zero attached hydrogens (tertiary/aromatic N) is 1. The molecule has 6 nitrogen and oxygen atoms in total. The van der Waals surface area contributed by atoms with Crippen LogP contribution in [0.1, 0.15) is 31.2 Å². The van der Waals surface area contributed by atoms with Crippen molar-refractivity contribution in [2.75, 3.05) is 38.2 Å². The van der Waals surface area contributed by atoms with Crippen LogP contribution in [0.5, 0.6) is 5.75 Å². The summed E-state index contributed by atoms with van der Waals surface area (Å²) in [6, 6.07) is 5.75. The molecule has 0 radical (unpaired) electrons. The van der Waals surface area contributed by atoms with Gasteiger partial charge in [-0.25, -0.2) is 0 Å². The number of ether oxygens (including phenoxy) is 1. The standard InChI is InChI=1S/C20H29N3O3.ClH/c1-14-5-6-18(26-2)17(10-14)23-13-16(11-19(23)24)20(25)22-9-7-15-4-3-8-21-12-15;/h5-6,10,15-16,21H,3-4,7-9,11-13H2,1-2H3,(H,22,25);1H. The molecule has 2 aliphatic heterocycles. The van der Waals surface area contributed by atoms with Gasteiger partial charge in [-0.2, -0.15) is 0 Å². The number of piperidine rings is 1. The van der Waals surface area contributed by atoms with E-state index in [2.05, 4.69) is 10.6 Å². The van der Waals surface area contributed by atoms with Crippen LogP contribution in [0, 0.1) is 18.8 Å². The van der Waals surface area contributed by atoms with Crippen molar-refractivity contribution < 1.29 is 14.3 Å². The molecule has 27 heavy (non-hydrogen) atoms. The molecule has 0 bridgehead atoms. The Morgan fingerprint density at radius 2 is 2.22 bits per heavy atom. The maximum Gasteiger partial charge on any atom is 0.227 e. The van der Waals surface area contributed by atoms with Crippen LogP contribution in [0.15, 0.2) is 18.2 Å². The zero-order valence-corrected chi connectivity index (χ0v) is 16.9. The number of aryl methyl sites for hydroxylation is 1. The molecule has 0 saturated carbocycles. The summed E-state index contributed by atoms with van der Waals surface area (Å²) in [6.07, 6.45) is 3.69. The van der Waals surface area contributed by atoms with Crippen molar-refractivity contribution >= 4 is 29.9 Å². The largest absolute Gasteiger partial charge is 0.495 e. The van der Waals surface area contributed by atoms with Crippen LogP contribution in [0.3, 0.4) is 0 Å². The molecular formula is C20H30ClN3O3. The van der Waals surface area contributed by atoms with E-state index < -0.39 is 0 Å². The van der Waals surface area contributed by atoms with Gasteiger partial charge in [0, 0.05) is 19.5 Å². The minimum Gasteiger partial charge on any atom is -0.495 e. The molecule has 7 heteroatoms. The number of benzene rings is 1. The monoisotopic (exact) mass is 395 g/mol. The first kappa shape index (κ1) is 21.5. The number of hydrogen-bond acceptors (Lipinski definition) is 4. The maximum atomic E-state index is 12.5. The maximum absolute atomic E-state index is 12.5. The fourth-order valence-corrected chi connectivity index (χ4v) is 3.84. The average Bonchev–Trinajstić information content (AvgIpc) is 3.04. The summed E-state index contributed by atoms with van der Waals surface area (Å²) in [7, 11) is 1.60. The van der Waals surface area contributed by atoms with Crippen molar-refractivity contribution in [1.82, 2.24) is 10.6 Å². The second-order valence-electron chi connectivity index (χ2n) is 7.37. The van der Waals surface area contributed by atoms with Crippen LogP contribution < -0.4 is 20.3 Å². The Morgan fingerprint density at radius 3 is 2.93 bits per heavy atom. The first-order valence-corrected chi connectivity index (χ1v) is 9.52. The molecule has 2 fully saturated rings. The molecule has 2 saturated heterocycles. The van der Waals surface area contributed by atoms with E-state index in [9.17, 15) is 9.59 Å². The van der Waals surface area contributed by atoms with Crippen LogP contribution in [-0.2, 0) is 9.59 Å². The summed E-state index contributed by atoms with van der Waals surface area (Å²) in [5, 5.41) is 6.42. The first-order chi connectivity index (χ1) is 12.6. The Bertz CT molecular complexity index is 662. The number of rotatable bonds is 6. The fourth-order valence-electron chi connectivity index (χ4n) is 3.84. The number of halogens is 1. The van der Waals surface area contributed by atoms with Gasteiger partial charge in [0.2, 0.25) is 11.8 Å². The van der Waals surface area contributed by atoms with E-state index >= 15 is 0 Å². The highest BCUT2D eigenvalue weighted by molar-refractivity contribution is 6.01. The molecule has 1 aromatic carbocycles. The average molecular weight is 396 g/mol. The second-order valence-corrected chi connectivity index (χ2v) is 7.37. The minimum atomic E-state index is -0.294. The van der Waals surface area contributed by atoms with E-state index in [0.29, 0.717) is 24.8 Å². The Balaban J connectivity index is 0.00000261. The number of amides is 2. The summed E-state index contributed by atoms with van der Waals surface area (Å²) in [5.41, 5.74) is 1.81. The molecule has 2 heterocycles. The number of carbonyl (C=O) groups is 2. The summed E-state index contributed by atoms with van der Waals surface area (Å²) >= 11 is 0. The number of carbonyl (C=O) groups excluding carboxylic acids is 2. The van der Waals surface area contributed by atoms with Crippen molar-refractivity contribution in [2.45, 2.75) is 32.6 Å². The lowest BCUT2D eigenvalue weighted by molar-refractivity contribution is -0.126. The summed E-state index contributed by atoms with van der Waals surface area (Å²) in [4.78, 5) is 26.6. The Labute approximate surface area is 167 Å². The van der Waals surface area contributed by atoms with Gasteiger partial charge in [-0.05, 0) is 62.9 Å². The number of methoxy groups -OCH3 is 1. The van der Waals surface area contributed by atoms with E-state index in [1.807, 2.05) is 25.1 Å². The Hall–Kier alpha value is -1.79. The van der Waals surface area contributed by atoms with Crippen molar-refractivity contribution in [1.29, 1.82) is 0 Å². The van der Waals surface area contributed by atoms with E-state index in [1.54, 1.807) is 12.0 Å². The third-order valence-corrected chi connectivity index (χ3v) is 5.37. The van der Waals surface area contributed by atoms with Gasteiger partial charge in [0.05, 0.1) is 18.7 Å². The SMILES string of the molecule is COc1ccc(C)cc1N1CC(C(=O)NCCC2CCCNC2)CC1=O.Cl. The van der Waals surface area contributed by atoms with Crippen molar-refractivity contribution in [3.63, 3.8) is 0 Å². The topological polar surface area (TPSA) is 70.7 Å². The van der Waals surface area contributed by atoms with Gasteiger partial charge < -0.3 is 20.3 Å². The molecule has 1 aromatic rings. The second kappa shape index (κ2) is 9.95. The lowest BCUT2D eigenvalue weighted by Gasteiger charge is -2.23. The molecule has 2 aliphatic rings. The minimum absolute atomic E-state index is 0. The molecule has 0 aromatic heterocycles. The molecule has 2 N–H and O–H groups in total. The molecule has 0 spiro atoms. The number of nitrogens with one attached hydrogen (secondary N) is 2. The van der Waals surface area contributed by atoms with Crippen LogP contribution in [0.2, 0.25) is 0 Å². The van der Waals surface area contributed by atoms with Gasteiger partial charge in [0.15, 0.2) is 0 Å². The molecular weight excluding hydrogens is 366 g/mol. The zero-order chi connectivity index (χ0) is 18.5. The summed E-state index contributed by atoms with van der Waals surface area (Å²) in [6.45, 7) is 5.22. The van der Waals surface area contributed by atoms with Crippen LogP contribution in [0.25, 0.3) is 0 Å². The quantitative estimate of drug-likeness (QED) is 0.775. The fraction of sp³-hybridized carbons (Fsp3) is 0.600. The van der Waals surface area contributed by atoms with Crippen molar-refractivity contribution in [2.24, 2.45) is 11.8 Å². The van der Waals surface area contributed by atoms with Gasteiger partial charge in [-0.15, -0.1) is 12.4 Å². The summed E-state index contributed by atoms with van der Waals surface area (Å²) < 4.78 is 5.39. The van der Waals surface area contributed by atoms with Crippen LogP contribution >= 0.6 is 12.4 Å². The third-order valence-electron chi connectivity index (χ3n) is 5.37. The predicted octanol–water partition coefficient (Wildman–Crippen LogP) is 2.28. The third kappa shape index (κ3) is 5.36. The van der Waals surface area contributed by atoms with Gasteiger partial charge in [-0.1, -0.05) is 6.07 Å². The molecule has 2 unspecified atom stereocenters. The molecule has 0 aliphatic carbocycles. The normalized spacial score (nSPS) is 22.3. The molecule has 3 rings (SSSR count).